The predicted molar refractivity (Wildman–Crippen MR) is 65.1 cm³/mol. The van der Waals surface area contributed by atoms with Gasteiger partial charge in [-0.25, -0.2) is 9.97 Å². The fourth-order valence-electron chi connectivity index (χ4n) is 1.36. The molecule has 80 valence electrons. The first kappa shape index (κ1) is 10.5. The predicted octanol–water partition coefficient (Wildman–Crippen LogP) is 2.93. The Labute approximate surface area is 94.9 Å². The Hall–Kier alpha value is -2.03. The third kappa shape index (κ3) is 2.51. The quantitative estimate of drug-likeness (QED) is 0.716. The maximum absolute atomic E-state index is 4.51. The van der Waals surface area contributed by atoms with Gasteiger partial charge in [-0.1, -0.05) is 17.7 Å². The number of hydrogen-bond donors (Lipinski definition) is 0. The molecule has 1 aromatic heterocycles. The van der Waals surface area contributed by atoms with Crippen LogP contribution in [0.25, 0.3) is 0 Å². The first-order chi connectivity index (χ1) is 7.75. The molecule has 0 atom stereocenters. The molecule has 2 rings (SSSR count). The monoisotopic (exact) mass is 211 g/mol. The number of nitrogens with zero attached hydrogens (tertiary/aromatic N) is 3. The second-order valence-electron chi connectivity index (χ2n) is 3.66. The van der Waals surface area contributed by atoms with Gasteiger partial charge < -0.3 is 0 Å². The molecule has 0 saturated heterocycles. The Morgan fingerprint density at radius 3 is 2.31 bits per heavy atom. The van der Waals surface area contributed by atoms with Crippen LogP contribution >= 0.6 is 0 Å². The van der Waals surface area contributed by atoms with Crippen LogP contribution in [0.2, 0.25) is 0 Å². The normalized spacial score (nSPS) is 11.5. The molecule has 0 radical (unpaired) electrons. The number of aromatic nitrogens is 2. The van der Waals surface area contributed by atoms with Gasteiger partial charge in [0.1, 0.15) is 6.33 Å². The highest BCUT2D eigenvalue weighted by atomic mass is 14.8. The highest BCUT2D eigenvalue weighted by Crippen LogP contribution is 2.14. The van der Waals surface area contributed by atoms with Crippen LogP contribution in [0.3, 0.4) is 0 Å². The molecule has 3 nitrogen and oxygen atoms in total. The van der Waals surface area contributed by atoms with Gasteiger partial charge in [-0.05, 0) is 26.0 Å². The Balaban J connectivity index is 2.28. The standard InChI is InChI=1S/C13H13N3/c1-10-3-5-13(6-4-10)16-11(2)12-7-14-9-15-8-12/h3-9H,1-2H3. The molecule has 0 aliphatic heterocycles. The van der Waals surface area contributed by atoms with Gasteiger partial charge >= 0.3 is 0 Å². The molecule has 0 amide bonds. The van der Waals surface area contributed by atoms with Crippen LogP contribution < -0.4 is 0 Å². The summed E-state index contributed by atoms with van der Waals surface area (Å²) in [5.74, 6) is 0. The van der Waals surface area contributed by atoms with Crippen LogP contribution in [0, 0.1) is 6.92 Å². The maximum Gasteiger partial charge on any atom is 0.115 e. The maximum atomic E-state index is 4.51. The second kappa shape index (κ2) is 4.66. The van der Waals surface area contributed by atoms with Crippen molar-refractivity contribution in [1.82, 2.24) is 9.97 Å². The van der Waals surface area contributed by atoms with Crippen molar-refractivity contribution in [2.45, 2.75) is 13.8 Å². The van der Waals surface area contributed by atoms with E-state index in [1.54, 1.807) is 12.4 Å². The minimum absolute atomic E-state index is 0.921. The fourth-order valence-corrected chi connectivity index (χ4v) is 1.36. The van der Waals surface area contributed by atoms with Crippen LogP contribution in [0.15, 0.2) is 48.0 Å². The van der Waals surface area contributed by atoms with Gasteiger partial charge in [-0.15, -0.1) is 0 Å². The van der Waals surface area contributed by atoms with E-state index in [9.17, 15) is 0 Å². The van der Waals surface area contributed by atoms with Crippen molar-refractivity contribution in [2.75, 3.05) is 0 Å². The van der Waals surface area contributed by atoms with E-state index in [1.807, 2.05) is 31.2 Å². The summed E-state index contributed by atoms with van der Waals surface area (Å²) in [4.78, 5) is 12.4. The second-order valence-corrected chi connectivity index (χ2v) is 3.66. The van der Waals surface area contributed by atoms with E-state index in [1.165, 1.54) is 11.9 Å². The Morgan fingerprint density at radius 2 is 1.69 bits per heavy atom. The van der Waals surface area contributed by atoms with Crippen molar-refractivity contribution in [3.05, 3.63) is 54.1 Å². The SMILES string of the molecule is CC(=Nc1ccc(C)cc1)c1cncnc1. The van der Waals surface area contributed by atoms with Crippen LogP contribution in [-0.2, 0) is 0 Å². The topological polar surface area (TPSA) is 38.1 Å². The average molecular weight is 211 g/mol. The molecular weight excluding hydrogens is 198 g/mol. The number of benzene rings is 1. The smallest absolute Gasteiger partial charge is 0.115 e. The molecule has 0 bridgehead atoms. The van der Waals surface area contributed by atoms with Gasteiger partial charge in [-0.2, -0.15) is 0 Å². The van der Waals surface area contributed by atoms with Crippen molar-refractivity contribution in [3.8, 4) is 0 Å². The van der Waals surface area contributed by atoms with Gasteiger partial charge in [0.25, 0.3) is 0 Å². The summed E-state index contributed by atoms with van der Waals surface area (Å²) in [6, 6.07) is 8.10. The molecule has 2 aromatic rings. The zero-order valence-corrected chi connectivity index (χ0v) is 9.38. The molecular formula is C13H13N3. The Morgan fingerprint density at radius 1 is 1.06 bits per heavy atom. The summed E-state index contributed by atoms with van der Waals surface area (Å²) >= 11 is 0. The number of aliphatic imine (C=N–C) groups is 1. The summed E-state index contributed by atoms with van der Waals surface area (Å²) in [5, 5.41) is 0. The third-order valence-corrected chi connectivity index (χ3v) is 2.31. The fraction of sp³-hybridized carbons (Fsp3) is 0.154. The van der Waals surface area contributed by atoms with Gasteiger partial charge in [0.15, 0.2) is 0 Å². The van der Waals surface area contributed by atoms with Crippen LogP contribution in [0.4, 0.5) is 5.69 Å². The molecule has 0 spiro atoms. The molecule has 1 heterocycles. The molecule has 0 aliphatic carbocycles. The van der Waals surface area contributed by atoms with Gasteiger partial charge in [0.2, 0.25) is 0 Å². The summed E-state index contributed by atoms with van der Waals surface area (Å²) < 4.78 is 0. The van der Waals surface area contributed by atoms with Crippen LogP contribution in [0.5, 0.6) is 0 Å². The number of rotatable bonds is 2. The molecule has 0 saturated carbocycles. The van der Waals surface area contributed by atoms with E-state index in [-0.39, 0.29) is 0 Å². The van der Waals surface area contributed by atoms with E-state index in [4.69, 9.17) is 0 Å². The van der Waals surface area contributed by atoms with Gasteiger partial charge in [0, 0.05) is 23.7 Å². The molecule has 1 aromatic carbocycles. The zero-order chi connectivity index (χ0) is 11.4. The molecule has 0 N–H and O–H groups in total. The summed E-state index contributed by atoms with van der Waals surface area (Å²) in [6.07, 6.45) is 5.04. The molecule has 0 fully saturated rings. The summed E-state index contributed by atoms with van der Waals surface area (Å²) in [7, 11) is 0. The molecule has 3 heteroatoms. The minimum Gasteiger partial charge on any atom is -0.253 e. The van der Waals surface area contributed by atoms with E-state index >= 15 is 0 Å². The molecule has 0 unspecified atom stereocenters. The van der Waals surface area contributed by atoms with Crippen molar-refractivity contribution < 1.29 is 0 Å². The first-order valence-corrected chi connectivity index (χ1v) is 5.13. The highest BCUT2D eigenvalue weighted by Gasteiger charge is 1.97. The van der Waals surface area contributed by atoms with E-state index in [0.29, 0.717) is 0 Å². The van der Waals surface area contributed by atoms with Crippen LogP contribution in [-0.4, -0.2) is 15.7 Å². The summed E-state index contributed by atoms with van der Waals surface area (Å²) in [5.41, 5.74) is 4.05. The van der Waals surface area contributed by atoms with Crippen molar-refractivity contribution in [3.63, 3.8) is 0 Å². The number of hydrogen-bond acceptors (Lipinski definition) is 3. The first-order valence-electron chi connectivity index (χ1n) is 5.13. The van der Waals surface area contributed by atoms with Gasteiger partial charge in [0.05, 0.1) is 5.69 Å². The van der Waals surface area contributed by atoms with E-state index < -0.39 is 0 Å². The van der Waals surface area contributed by atoms with Gasteiger partial charge in [-0.3, -0.25) is 4.99 Å². The highest BCUT2D eigenvalue weighted by molar-refractivity contribution is 5.99. The summed E-state index contributed by atoms with van der Waals surface area (Å²) in [6.45, 7) is 4.02. The van der Waals surface area contributed by atoms with Crippen LogP contribution in [0.1, 0.15) is 18.1 Å². The Bertz CT molecular complexity index is 486. The Kier molecular flexibility index (Phi) is 3.05. The van der Waals surface area contributed by atoms with Crippen molar-refractivity contribution in [1.29, 1.82) is 0 Å². The van der Waals surface area contributed by atoms with Crippen molar-refractivity contribution in [2.24, 2.45) is 4.99 Å². The average Bonchev–Trinajstić information content (AvgIpc) is 2.33. The lowest BCUT2D eigenvalue weighted by Crippen LogP contribution is -1.95. The lowest BCUT2D eigenvalue weighted by molar-refractivity contribution is 1.16. The third-order valence-electron chi connectivity index (χ3n) is 2.31. The lowest BCUT2D eigenvalue weighted by Gasteiger charge is -2.00. The molecule has 16 heavy (non-hydrogen) atoms. The lowest BCUT2D eigenvalue weighted by atomic mass is 10.2. The number of aryl methyl sites for hydroxylation is 1. The van der Waals surface area contributed by atoms with E-state index in [2.05, 4.69) is 21.9 Å². The largest absolute Gasteiger partial charge is 0.253 e. The minimum atomic E-state index is 0.921. The molecule has 0 aliphatic rings. The van der Waals surface area contributed by atoms with Crippen molar-refractivity contribution >= 4 is 11.4 Å². The zero-order valence-electron chi connectivity index (χ0n) is 9.38. The van der Waals surface area contributed by atoms with E-state index in [0.717, 1.165) is 17.0 Å².